The van der Waals surface area contributed by atoms with Gasteiger partial charge in [-0.2, -0.15) is 17.4 Å². The summed E-state index contributed by atoms with van der Waals surface area (Å²) in [7, 11) is -1.71. The second kappa shape index (κ2) is 10.5. The van der Waals surface area contributed by atoms with Crippen LogP contribution < -0.4 is 10.0 Å². The van der Waals surface area contributed by atoms with E-state index < -0.39 is 10.2 Å². The summed E-state index contributed by atoms with van der Waals surface area (Å²) >= 11 is 0. The molecule has 0 aromatic carbocycles. The van der Waals surface area contributed by atoms with E-state index in [2.05, 4.69) is 30.8 Å². The summed E-state index contributed by atoms with van der Waals surface area (Å²) in [6, 6.07) is -0.0110. The first-order valence-electron chi connectivity index (χ1n) is 7.73. The Morgan fingerprint density at radius 2 is 1.75 bits per heavy atom. The Kier molecular flexibility index (Phi) is 10.5. The van der Waals surface area contributed by atoms with Crippen LogP contribution in [-0.2, 0) is 10.2 Å². The van der Waals surface area contributed by atoms with Gasteiger partial charge in [-0.05, 0) is 51.6 Å². The standard InChI is InChI=1S/C14H33N3O2S/c1-6-10-15-11-7-12-17(5)20(18,19)16-14(4)9-8-13(2)3/h13-16H,6-12H2,1-5H3. The van der Waals surface area contributed by atoms with Crippen molar-refractivity contribution in [3.63, 3.8) is 0 Å². The van der Waals surface area contributed by atoms with Crippen molar-refractivity contribution in [2.24, 2.45) is 5.92 Å². The van der Waals surface area contributed by atoms with E-state index in [0.717, 1.165) is 38.8 Å². The van der Waals surface area contributed by atoms with Crippen molar-refractivity contribution in [1.82, 2.24) is 14.3 Å². The second-order valence-corrected chi connectivity index (χ2v) is 7.73. The molecule has 0 radical (unpaired) electrons. The Morgan fingerprint density at radius 3 is 2.30 bits per heavy atom. The molecule has 0 amide bonds. The lowest BCUT2D eigenvalue weighted by molar-refractivity contribution is 0.426. The van der Waals surface area contributed by atoms with Gasteiger partial charge in [-0.15, -0.1) is 0 Å². The molecule has 20 heavy (non-hydrogen) atoms. The van der Waals surface area contributed by atoms with Gasteiger partial charge in [0.2, 0.25) is 0 Å². The number of rotatable bonds is 12. The molecule has 2 N–H and O–H groups in total. The molecule has 1 atom stereocenters. The molecule has 5 nitrogen and oxygen atoms in total. The molecule has 0 fully saturated rings. The normalized spacial score (nSPS) is 14.2. The van der Waals surface area contributed by atoms with Gasteiger partial charge in [0, 0.05) is 19.6 Å². The third kappa shape index (κ3) is 9.69. The van der Waals surface area contributed by atoms with E-state index in [1.807, 2.05) is 6.92 Å². The first kappa shape index (κ1) is 19.8. The lowest BCUT2D eigenvalue weighted by atomic mass is 10.1. The minimum Gasteiger partial charge on any atom is -0.317 e. The highest BCUT2D eigenvalue weighted by Gasteiger charge is 2.19. The topological polar surface area (TPSA) is 61.4 Å². The van der Waals surface area contributed by atoms with Gasteiger partial charge in [-0.3, -0.25) is 0 Å². The van der Waals surface area contributed by atoms with Crippen molar-refractivity contribution in [2.75, 3.05) is 26.7 Å². The van der Waals surface area contributed by atoms with Crippen molar-refractivity contribution in [1.29, 1.82) is 0 Å². The average molecular weight is 308 g/mol. The molecule has 0 aliphatic rings. The molecule has 0 rings (SSSR count). The summed E-state index contributed by atoms with van der Waals surface area (Å²) in [5.41, 5.74) is 0. The molecule has 0 aromatic rings. The van der Waals surface area contributed by atoms with Crippen LogP contribution in [-0.4, -0.2) is 45.4 Å². The second-order valence-electron chi connectivity index (χ2n) is 5.92. The maximum Gasteiger partial charge on any atom is 0.279 e. The van der Waals surface area contributed by atoms with Gasteiger partial charge >= 0.3 is 0 Å². The molecule has 0 saturated carbocycles. The molecule has 0 aromatic heterocycles. The molecular weight excluding hydrogens is 274 g/mol. The van der Waals surface area contributed by atoms with Crippen LogP contribution >= 0.6 is 0 Å². The SMILES string of the molecule is CCCNCCCN(C)S(=O)(=O)NC(C)CCC(C)C. The van der Waals surface area contributed by atoms with Crippen LogP contribution in [0.15, 0.2) is 0 Å². The summed E-state index contributed by atoms with van der Waals surface area (Å²) in [6.07, 6.45) is 3.85. The Hall–Kier alpha value is -0.170. The minimum absolute atomic E-state index is 0.0110. The van der Waals surface area contributed by atoms with Crippen molar-refractivity contribution < 1.29 is 8.42 Å². The Balaban J connectivity index is 4.01. The lowest BCUT2D eigenvalue weighted by Crippen LogP contribution is -2.43. The first-order valence-corrected chi connectivity index (χ1v) is 9.17. The number of nitrogens with zero attached hydrogens (tertiary/aromatic N) is 1. The minimum atomic E-state index is -3.34. The molecule has 0 aliphatic heterocycles. The highest BCUT2D eigenvalue weighted by atomic mass is 32.2. The Bertz CT molecular complexity index is 331. The van der Waals surface area contributed by atoms with Crippen LogP contribution in [0.2, 0.25) is 0 Å². The van der Waals surface area contributed by atoms with Gasteiger partial charge in [0.25, 0.3) is 10.2 Å². The fourth-order valence-corrected chi connectivity index (χ4v) is 3.01. The summed E-state index contributed by atoms with van der Waals surface area (Å²) in [4.78, 5) is 0. The summed E-state index contributed by atoms with van der Waals surface area (Å²) < 4.78 is 28.4. The maximum atomic E-state index is 12.1. The van der Waals surface area contributed by atoms with Crippen LogP contribution in [0.5, 0.6) is 0 Å². The zero-order valence-electron chi connectivity index (χ0n) is 13.8. The smallest absolute Gasteiger partial charge is 0.279 e. The molecule has 0 saturated heterocycles. The fraction of sp³-hybridized carbons (Fsp3) is 1.00. The Morgan fingerprint density at radius 1 is 1.10 bits per heavy atom. The van der Waals surface area contributed by atoms with Crippen LogP contribution in [0, 0.1) is 5.92 Å². The average Bonchev–Trinajstić information content (AvgIpc) is 2.35. The van der Waals surface area contributed by atoms with Crippen molar-refractivity contribution in [3.05, 3.63) is 0 Å². The van der Waals surface area contributed by atoms with Crippen molar-refractivity contribution in [2.45, 2.75) is 59.4 Å². The number of nitrogens with one attached hydrogen (secondary N) is 2. The van der Waals surface area contributed by atoms with Crippen LogP contribution in [0.1, 0.15) is 53.4 Å². The van der Waals surface area contributed by atoms with Crippen molar-refractivity contribution in [3.8, 4) is 0 Å². The Labute approximate surface area is 125 Å². The van der Waals surface area contributed by atoms with Gasteiger partial charge in [-0.1, -0.05) is 20.8 Å². The van der Waals surface area contributed by atoms with Gasteiger partial charge in [-0.25, -0.2) is 0 Å². The molecule has 0 heterocycles. The predicted molar refractivity (Wildman–Crippen MR) is 86.0 cm³/mol. The quantitative estimate of drug-likeness (QED) is 0.542. The van der Waals surface area contributed by atoms with Crippen LogP contribution in [0.3, 0.4) is 0 Å². The summed E-state index contributed by atoms with van der Waals surface area (Å²) in [6.45, 7) is 10.7. The van der Waals surface area contributed by atoms with Gasteiger partial charge in [0.1, 0.15) is 0 Å². The van der Waals surface area contributed by atoms with E-state index in [1.54, 1.807) is 7.05 Å². The van der Waals surface area contributed by atoms with Crippen LogP contribution in [0.4, 0.5) is 0 Å². The predicted octanol–water partition coefficient (Wildman–Crippen LogP) is 1.97. The number of hydrogen-bond donors (Lipinski definition) is 2. The zero-order chi connectivity index (χ0) is 15.6. The zero-order valence-corrected chi connectivity index (χ0v) is 14.6. The molecule has 0 spiro atoms. The molecule has 122 valence electrons. The maximum absolute atomic E-state index is 12.1. The van der Waals surface area contributed by atoms with E-state index in [9.17, 15) is 8.42 Å². The summed E-state index contributed by atoms with van der Waals surface area (Å²) in [5, 5.41) is 3.27. The molecule has 0 bridgehead atoms. The summed E-state index contributed by atoms with van der Waals surface area (Å²) in [5.74, 6) is 0.601. The van der Waals surface area contributed by atoms with E-state index >= 15 is 0 Å². The monoisotopic (exact) mass is 307 g/mol. The van der Waals surface area contributed by atoms with Gasteiger partial charge in [0.05, 0.1) is 0 Å². The van der Waals surface area contributed by atoms with E-state index in [0.29, 0.717) is 12.5 Å². The molecular formula is C14H33N3O2S. The molecule has 1 unspecified atom stereocenters. The highest BCUT2D eigenvalue weighted by Crippen LogP contribution is 2.08. The van der Waals surface area contributed by atoms with Gasteiger partial charge < -0.3 is 5.32 Å². The lowest BCUT2D eigenvalue weighted by Gasteiger charge is -2.21. The van der Waals surface area contributed by atoms with Crippen molar-refractivity contribution >= 4 is 10.2 Å². The highest BCUT2D eigenvalue weighted by molar-refractivity contribution is 7.87. The largest absolute Gasteiger partial charge is 0.317 e. The van der Waals surface area contributed by atoms with E-state index in [4.69, 9.17) is 0 Å². The molecule has 0 aliphatic carbocycles. The molecule has 6 heteroatoms. The van der Waals surface area contributed by atoms with Crippen LogP contribution in [0.25, 0.3) is 0 Å². The third-order valence-electron chi connectivity index (χ3n) is 3.19. The first-order chi connectivity index (χ1) is 9.29. The number of hydrogen-bond acceptors (Lipinski definition) is 3. The van der Waals surface area contributed by atoms with Gasteiger partial charge in [0.15, 0.2) is 0 Å². The van der Waals surface area contributed by atoms with E-state index in [-0.39, 0.29) is 6.04 Å². The van der Waals surface area contributed by atoms with E-state index in [1.165, 1.54) is 4.31 Å². The fourth-order valence-electron chi connectivity index (χ4n) is 1.84. The third-order valence-corrected chi connectivity index (χ3v) is 4.89.